The summed E-state index contributed by atoms with van der Waals surface area (Å²) in [4.78, 5) is 44.0. The minimum Gasteiger partial charge on any atom is -0.394 e. The molecule has 12 nitrogen and oxygen atoms in total. The lowest BCUT2D eigenvalue weighted by Crippen LogP contribution is -2.46. The van der Waals surface area contributed by atoms with Gasteiger partial charge in [-0.2, -0.15) is 0 Å². The van der Waals surface area contributed by atoms with E-state index in [-0.39, 0.29) is 31.0 Å². The number of hydrogen-bond donors (Lipinski definition) is 3. The maximum Gasteiger partial charge on any atom is 0.255 e. The number of carbonyl (C=O) groups excluding carboxylic acids is 2. The van der Waals surface area contributed by atoms with Crippen LogP contribution >= 0.6 is 11.6 Å². The van der Waals surface area contributed by atoms with Gasteiger partial charge in [-0.3, -0.25) is 9.59 Å². The number of ether oxygens (including phenoxy) is 2. The molecular formula is C31H36ClN7O5. The fourth-order valence-corrected chi connectivity index (χ4v) is 5.93. The topological polar surface area (TPSA) is 142 Å². The van der Waals surface area contributed by atoms with Gasteiger partial charge in [-0.25, -0.2) is 15.0 Å². The first-order chi connectivity index (χ1) is 21.4. The fraction of sp³-hybridized carbons (Fsp3) is 0.452. The Morgan fingerprint density at radius 3 is 2.66 bits per heavy atom. The number of hydrogen-bond acceptors (Lipinski definition) is 10. The van der Waals surface area contributed by atoms with Crippen LogP contribution in [-0.4, -0.2) is 95.0 Å². The van der Waals surface area contributed by atoms with E-state index >= 15 is 0 Å². The number of rotatable bonds is 9. The molecule has 3 aromatic rings. The van der Waals surface area contributed by atoms with E-state index in [4.69, 9.17) is 21.1 Å². The van der Waals surface area contributed by atoms with E-state index in [9.17, 15) is 14.7 Å². The smallest absolute Gasteiger partial charge is 0.255 e. The van der Waals surface area contributed by atoms with Crippen LogP contribution in [0.15, 0.2) is 42.7 Å². The number of benzene rings is 1. The van der Waals surface area contributed by atoms with Crippen LogP contribution in [0.2, 0.25) is 5.02 Å². The van der Waals surface area contributed by atoms with Crippen LogP contribution in [0.5, 0.6) is 0 Å². The lowest BCUT2D eigenvalue weighted by atomic mass is 10.0. The van der Waals surface area contributed by atoms with E-state index in [2.05, 4.69) is 30.5 Å². The lowest BCUT2D eigenvalue weighted by Gasteiger charge is -2.29. The van der Waals surface area contributed by atoms with Crippen LogP contribution in [0.1, 0.15) is 47.3 Å². The van der Waals surface area contributed by atoms with E-state index in [1.54, 1.807) is 31.5 Å². The molecular weight excluding hydrogens is 586 g/mol. The normalized spacial score (nSPS) is 18.6. The van der Waals surface area contributed by atoms with E-state index in [0.717, 1.165) is 42.9 Å². The van der Waals surface area contributed by atoms with Crippen LogP contribution in [0, 0.1) is 0 Å². The number of morpholine rings is 1. The Balaban J connectivity index is 1.14. The molecule has 3 aliphatic heterocycles. The highest BCUT2D eigenvalue weighted by Crippen LogP contribution is 2.32. The molecule has 13 heteroatoms. The summed E-state index contributed by atoms with van der Waals surface area (Å²) in [6.07, 6.45) is 4.97. The van der Waals surface area contributed by atoms with Crippen LogP contribution in [0.4, 0.5) is 11.8 Å². The Morgan fingerprint density at radius 2 is 1.89 bits per heavy atom. The summed E-state index contributed by atoms with van der Waals surface area (Å²) in [7, 11) is 0. The van der Waals surface area contributed by atoms with Gasteiger partial charge < -0.3 is 35.0 Å². The maximum absolute atomic E-state index is 13.6. The molecule has 5 heterocycles. The van der Waals surface area contributed by atoms with Crippen molar-refractivity contribution in [2.24, 2.45) is 0 Å². The number of pyridine rings is 1. The van der Waals surface area contributed by atoms with Crippen LogP contribution < -0.4 is 15.5 Å². The first-order valence-corrected chi connectivity index (χ1v) is 15.3. The number of nitrogens with zero attached hydrogens (tertiary/aromatic N) is 5. The van der Waals surface area contributed by atoms with Gasteiger partial charge in [0.1, 0.15) is 11.9 Å². The largest absolute Gasteiger partial charge is 0.394 e. The zero-order chi connectivity index (χ0) is 30.6. The second-order valence-electron chi connectivity index (χ2n) is 11.2. The van der Waals surface area contributed by atoms with Crippen molar-refractivity contribution in [1.82, 2.24) is 25.2 Å². The predicted octanol–water partition coefficient (Wildman–Crippen LogP) is 2.81. The number of amides is 2. The second-order valence-corrected chi connectivity index (χ2v) is 11.6. The Kier molecular flexibility index (Phi) is 9.22. The number of aromatic nitrogens is 3. The van der Waals surface area contributed by atoms with Crippen molar-refractivity contribution in [1.29, 1.82) is 0 Å². The number of aliphatic hydroxyl groups is 1. The number of anilines is 2. The molecule has 232 valence electrons. The minimum atomic E-state index is -0.772. The van der Waals surface area contributed by atoms with Gasteiger partial charge >= 0.3 is 0 Å². The van der Waals surface area contributed by atoms with Crippen LogP contribution in [-0.2, 0) is 20.8 Å². The van der Waals surface area contributed by atoms with Crippen molar-refractivity contribution < 1.29 is 24.2 Å². The Bertz CT molecular complexity index is 1510. The van der Waals surface area contributed by atoms with Gasteiger partial charge in [-0.15, -0.1) is 0 Å². The van der Waals surface area contributed by atoms with Crippen molar-refractivity contribution in [3.05, 3.63) is 64.4 Å². The SMILES string of the molecule is CC(C(=O)NC(CO)c1ccnc(N2CCOCC2)c1)N1Cc2ccc(-c3nc(NC4CCOCC4)ncc3Cl)cc2C1=O. The van der Waals surface area contributed by atoms with Crippen molar-refractivity contribution >= 4 is 35.2 Å². The summed E-state index contributed by atoms with van der Waals surface area (Å²) in [5, 5.41) is 16.8. The molecule has 2 aromatic heterocycles. The molecule has 2 saturated heterocycles. The zero-order valence-corrected chi connectivity index (χ0v) is 25.3. The van der Waals surface area contributed by atoms with E-state index in [0.29, 0.717) is 54.2 Å². The quantitative estimate of drug-likeness (QED) is 0.326. The minimum absolute atomic E-state index is 0.219. The summed E-state index contributed by atoms with van der Waals surface area (Å²) in [5.41, 5.74) is 3.26. The molecule has 0 radical (unpaired) electrons. The number of nitrogens with one attached hydrogen (secondary N) is 2. The third-order valence-electron chi connectivity index (χ3n) is 8.37. The van der Waals surface area contributed by atoms with Crippen LogP contribution in [0.25, 0.3) is 11.3 Å². The lowest BCUT2D eigenvalue weighted by molar-refractivity contribution is -0.126. The molecule has 2 unspecified atom stereocenters. The van der Waals surface area contributed by atoms with Crippen molar-refractivity contribution in [2.45, 2.75) is 44.4 Å². The van der Waals surface area contributed by atoms with Gasteiger partial charge in [0, 0.05) is 56.2 Å². The number of fused-ring (bicyclic) bond motifs is 1. The van der Waals surface area contributed by atoms with Gasteiger partial charge in [0.2, 0.25) is 11.9 Å². The van der Waals surface area contributed by atoms with Gasteiger partial charge in [0.05, 0.1) is 42.8 Å². The molecule has 2 fully saturated rings. The average molecular weight is 622 g/mol. The summed E-state index contributed by atoms with van der Waals surface area (Å²) in [6, 6.07) is 7.97. The van der Waals surface area contributed by atoms with Crippen molar-refractivity contribution in [2.75, 3.05) is 56.3 Å². The Labute approximate surface area is 260 Å². The number of halogens is 1. The third kappa shape index (κ3) is 6.48. The van der Waals surface area contributed by atoms with Gasteiger partial charge in [-0.05, 0) is 49.1 Å². The molecule has 3 N–H and O–H groups in total. The first-order valence-electron chi connectivity index (χ1n) is 14.9. The molecule has 6 rings (SSSR count). The summed E-state index contributed by atoms with van der Waals surface area (Å²) < 4.78 is 10.9. The molecule has 2 atom stereocenters. The number of carbonyl (C=O) groups is 2. The highest BCUT2D eigenvalue weighted by atomic mass is 35.5. The molecule has 2 amide bonds. The second kappa shape index (κ2) is 13.4. The monoisotopic (exact) mass is 621 g/mol. The first kappa shape index (κ1) is 30.2. The Hall–Kier alpha value is -3.84. The average Bonchev–Trinajstić information content (AvgIpc) is 3.40. The molecule has 0 saturated carbocycles. The summed E-state index contributed by atoms with van der Waals surface area (Å²) in [5.74, 6) is 0.620. The van der Waals surface area contributed by atoms with E-state index in [1.165, 1.54) is 4.90 Å². The molecule has 0 aliphatic carbocycles. The highest BCUT2D eigenvalue weighted by Gasteiger charge is 2.35. The highest BCUT2D eigenvalue weighted by molar-refractivity contribution is 6.33. The summed E-state index contributed by atoms with van der Waals surface area (Å²) in [6.45, 7) is 5.76. The standard InChI is InChI=1S/C31H36ClN7O5/c1-19(29(41)36-26(18-40)20-4-7-33-27(15-20)38-8-12-44-13-9-38)39-17-22-3-2-21(14-24(22)30(39)42)28-25(32)16-34-31(37-28)35-23-5-10-43-11-6-23/h2-4,7,14-16,19,23,26,40H,5-6,8-13,17-18H2,1H3,(H,36,41)(H,34,35,37). The molecule has 0 spiro atoms. The Morgan fingerprint density at radius 1 is 1.11 bits per heavy atom. The molecule has 44 heavy (non-hydrogen) atoms. The maximum atomic E-state index is 13.6. The van der Waals surface area contributed by atoms with Crippen LogP contribution in [0.3, 0.4) is 0 Å². The third-order valence-corrected chi connectivity index (χ3v) is 8.64. The molecule has 1 aromatic carbocycles. The van der Waals surface area contributed by atoms with Crippen molar-refractivity contribution in [3.63, 3.8) is 0 Å². The fourth-order valence-electron chi connectivity index (χ4n) is 5.73. The van der Waals surface area contributed by atoms with Gasteiger partial charge in [-0.1, -0.05) is 23.7 Å². The van der Waals surface area contributed by atoms with Gasteiger partial charge in [0.25, 0.3) is 5.91 Å². The van der Waals surface area contributed by atoms with E-state index in [1.807, 2.05) is 18.2 Å². The number of aliphatic hydroxyl groups excluding tert-OH is 1. The van der Waals surface area contributed by atoms with E-state index < -0.39 is 12.1 Å². The molecule has 3 aliphatic rings. The van der Waals surface area contributed by atoms with Crippen molar-refractivity contribution in [3.8, 4) is 11.3 Å². The van der Waals surface area contributed by atoms with Gasteiger partial charge in [0.15, 0.2) is 0 Å². The predicted molar refractivity (Wildman–Crippen MR) is 165 cm³/mol. The molecule has 0 bridgehead atoms. The zero-order valence-electron chi connectivity index (χ0n) is 24.5. The summed E-state index contributed by atoms with van der Waals surface area (Å²) >= 11 is 6.49.